The van der Waals surface area contributed by atoms with Gasteiger partial charge in [-0.3, -0.25) is 14.3 Å². The average molecular weight is 372 g/mol. The van der Waals surface area contributed by atoms with Crippen molar-refractivity contribution in [3.05, 3.63) is 56.5 Å². The molecule has 3 rings (SSSR count). The van der Waals surface area contributed by atoms with Crippen LogP contribution < -0.4 is 11.2 Å². The molecule has 1 aromatic carbocycles. The lowest BCUT2D eigenvalue weighted by Crippen LogP contribution is -2.31. The van der Waals surface area contributed by atoms with E-state index in [1.807, 2.05) is 6.92 Å². The number of aromatic hydroxyl groups is 1. The number of carbonyl (C=O) groups excluding carboxylic acids is 1. The van der Waals surface area contributed by atoms with Gasteiger partial charge in [-0.15, -0.1) is 0 Å². The molecular formula is C18H20N4O5. The van der Waals surface area contributed by atoms with E-state index in [-0.39, 0.29) is 29.1 Å². The molecule has 0 aliphatic heterocycles. The summed E-state index contributed by atoms with van der Waals surface area (Å²) < 4.78 is 8.19. The fraction of sp³-hybridized carbons (Fsp3) is 0.333. The van der Waals surface area contributed by atoms with Gasteiger partial charge in [0.25, 0.3) is 5.56 Å². The van der Waals surface area contributed by atoms with Crippen LogP contribution >= 0.6 is 0 Å². The molecule has 0 fully saturated rings. The second-order valence-corrected chi connectivity index (χ2v) is 6.15. The number of aromatic nitrogens is 4. The molecule has 0 aliphatic rings. The molecule has 2 heterocycles. The van der Waals surface area contributed by atoms with Gasteiger partial charge in [-0.05, 0) is 30.7 Å². The van der Waals surface area contributed by atoms with Crippen molar-refractivity contribution in [3.63, 3.8) is 0 Å². The zero-order valence-electron chi connectivity index (χ0n) is 15.1. The number of phenols is 1. The molecule has 0 spiro atoms. The summed E-state index contributed by atoms with van der Waals surface area (Å²) in [5.41, 5.74) is -0.235. The molecule has 0 bridgehead atoms. The minimum Gasteiger partial charge on any atom is -0.508 e. The number of H-pyrrole nitrogens is 1. The Kier molecular flexibility index (Phi) is 5.11. The number of aryl methyl sites for hydroxylation is 2. The summed E-state index contributed by atoms with van der Waals surface area (Å²) in [7, 11) is 1.63. The number of hydrogen-bond acceptors (Lipinski definition) is 6. The van der Waals surface area contributed by atoms with Crippen LogP contribution in [0.2, 0.25) is 0 Å². The van der Waals surface area contributed by atoms with Gasteiger partial charge in [0.05, 0.1) is 5.56 Å². The normalized spacial score (nSPS) is 11.0. The van der Waals surface area contributed by atoms with E-state index in [0.29, 0.717) is 12.4 Å². The van der Waals surface area contributed by atoms with Gasteiger partial charge in [0.15, 0.2) is 11.2 Å². The number of benzene rings is 1. The largest absolute Gasteiger partial charge is 0.508 e. The van der Waals surface area contributed by atoms with E-state index in [9.17, 15) is 19.5 Å². The number of fused-ring (bicyclic) bond motifs is 1. The number of unbranched alkanes of at least 4 members (excludes halogenated alkanes) is 1. The summed E-state index contributed by atoms with van der Waals surface area (Å²) in [5.74, 6) is -0.191. The number of nitrogens with one attached hydrogen (secondary N) is 1. The molecule has 2 N–H and O–H groups in total. The number of nitrogens with zero attached hydrogens (tertiary/aromatic N) is 3. The molecular weight excluding hydrogens is 352 g/mol. The van der Waals surface area contributed by atoms with E-state index in [4.69, 9.17) is 4.74 Å². The van der Waals surface area contributed by atoms with Crippen LogP contribution in [-0.2, 0) is 24.9 Å². The first kappa shape index (κ1) is 18.4. The van der Waals surface area contributed by atoms with Crippen molar-refractivity contribution in [2.24, 2.45) is 7.05 Å². The summed E-state index contributed by atoms with van der Waals surface area (Å²) >= 11 is 0. The number of imidazole rings is 1. The number of phenolic OH excluding ortho intramolecular Hbond substituents is 1. The minimum atomic E-state index is -0.584. The van der Waals surface area contributed by atoms with Crippen LogP contribution in [0.3, 0.4) is 0 Å². The van der Waals surface area contributed by atoms with Crippen LogP contribution in [0.5, 0.6) is 5.75 Å². The number of esters is 1. The molecule has 0 atom stereocenters. The number of ether oxygens (including phenoxy) is 1. The van der Waals surface area contributed by atoms with Crippen molar-refractivity contribution in [2.45, 2.75) is 32.9 Å². The predicted octanol–water partition coefficient (Wildman–Crippen LogP) is 1.29. The highest BCUT2D eigenvalue weighted by Crippen LogP contribution is 2.14. The van der Waals surface area contributed by atoms with Crippen molar-refractivity contribution >= 4 is 17.1 Å². The molecule has 27 heavy (non-hydrogen) atoms. The number of hydrogen-bond donors (Lipinski definition) is 2. The lowest BCUT2D eigenvalue weighted by atomic mass is 10.2. The topological polar surface area (TPSA) is 119 Å². The van der Waals surface area contributed by atoms with Crippen molar-refractivity contribution in [3.8, 4) is 5.75 Å². The Morgan fingerprint density at radius 3 is 2.63 bits per heavy atom. The molecule has 0 amide bonds. The molecule has 0 radical (unpaired) electrons. The third-order valence-corrected chi connectivity index (χ3v) is 4.28. The van der Waals surface area contributed by atoms with Crippen LogP contribution in [0.15, 0.2) is 33.9 Å². The summed E-state index contributed by atoms with van der Waals surface area (Å²) in [6.07, 6.45) is 1.65. The van der Waals surface area contributed by atoms with Crippen molar-refractivity contribution in [1.29, 1.82) is 0 Å². The van der Waals surface area contributed by atoms with Gasteiger partial charge >= 0.3 is 11.7 Å². The highest BCUT2D eigenvalue weighted by Gasteiger charge is 2.17. The SMILES string of the molecule is CCCCn1c(=O)[nH]c(=O)c2c1nc(COC(=O)c1ccc(O)cc1)n2C. The molecule has 0 saturated carbocycles. The zero-order valence-corrected chi connectivity index (χ0v) is 15.1. The molecule has 2 aromatic heterocycles. The maximum Gasteiger partial charge on any atom is 0.338 e. The Morgan fingerprint density at radius 2 is 1.96 bits per heavy atom. The van der Waals surface area contributed by atoms with Crippen LogP contribution in [-0.4, -0.2) is 30.2 Å². The Bertz CT molecular complexity index is 1090. The van der Waals surface area contributed by atoms with Crippen molar-refractivity contribution in [2.75, 3.05) is 0 Å². The van der Waals surface area contributed by atoms with Crippen LogP contribution in [0.25, 0.3) is 11.2 Å². The molecule has 9 nitrogen and oxygen atoms in total. The third-order valence-electron chi connectivity index (χ3n) is 4.28. The second kappa shape index (κ2) is 7.48. The van der Waals surface area contributed by atoms with E-state index in [2.05, 4.69) is 9.97 Å². The molecule has 0 aliphatic carbocycles. The van der Waals surface area contributed by atoms with Gasteiger partial charge in [-0.1, -0.05) is 13.3 Å². The van der Waals surface area contributed by atoms with Gasteiger partial charge in [0, 0.05) is 13.6 Å². The minimum absolute atomic E-state index is 0.0474. The fourth-order valence-corrected chi connectivity index (χ4v) is 2.76. The van der Waals surface area contributed by atoms with E-state index in [0.717, 1.165) is 12.8 Å². The van der Waals surface area contributed by atoms with E-state index >= 15 is 0 Å². The van der Waals surface area contributed by atoms with E-state index in [1.54, 1.807) is 7.05 Å². The van der Waals surface area contributed by atoms with Gasteiger partial charge < -0.3 is 14.4 Å². The van der Waals surface area contributed by atoms with Crippen molar-refractivity contribution < 1.29 is 14.6 Å². The smallest absolute Gasteiger partial charge is 0.338 e. The van der Waals surface area contributed by atoms with Crippen LogP contribution in [0.1, 0.15) is 35.9 Å². The Hall–Kier alpha value is -3.36. The summed E-state index contributed by atoms with van der Waals surface area (Å²) in [6, 6.07) is 5.66. The standard InChI is InChI=1S/C18H20N4O5/c1-3-4-9-22-15-14(16(24)20-18(22)26)21(2)13(19-15)10-27-17(25)11-5-7-12(23)8-6-11/h5-8,23H,3-4,9-10H2,1-2H3,(H,20,24,26). The zero-order chi connectivity index (χ0) is 19.6. The number of aromatic amines is 1. The van der Waals surface area contributed by atoms with Crippen LogP contribution in [0.4, 0.5) is 0 Å². The quantitative estimate of drug-likeness (QED) is 0.629. The number of carbonyl (C=O) groups is 1. The van der Waals surface area contributed by atoms with Gasteiger partial charge in [-0.2, -0.15) is 0 Å². The average Bonchev–Trinajstić information content (AvgIpc) is 2.97. The molecule has 142 valence electrons. The molecule has 3 aromatic rings. The lowest BCUT2D eigenvalue weighted by Gasteiger charge is -2.05. The fourth-order valence-electron chi connectivity index (χ4n) is 2.76. The highest BCUT2D eigenvalue weighted by molar-refractivity contribution is 5.89. The Balaban J connectivity index is 1.91. The summed E-state index contributed by atoms with van der Waals surface area (Å²) in [6.45, 7) is 2.28. The van der Waals surface area contributed by atoms with Crippen LogP contribution in [0, 0.1) is 0 Å². The first-order chi connectivity index (χ1) is 12.9. The maximum absolute atomic E-state index is 12.2. The first-order valence-electron chi connectivity index (χ1n) is 8.57. The first-order valence-corrected chi connectivity index (χ1v) is 8.57. The van der Waals surface area contributed by atoms with Gasteiger partial charge in [-0.25, -0.2) is 14.6 Å². The Labute approximate surface area is 153 Å². The van der Waals surface area contributed by atoms with Gasteiger partial charge in [0.2, 0.25) is 0 Å². The molecule has 9 heteroatoms. The summed E-state index contributed by atoms with van der Waals surface area (Å²) in [4.78, 5) is 43.1. The second-order valence-electron chi connectivity index (χ2n) is 6.15. The maximum atomic E-state index is 12.2. The monoisotopic (exact) mass is 372 g/mol. The molecule has 0 saturated heterocycles. The third kappa shape index (κ3) is 3.62. The summed E-state index contributed by atoms with van der Waals surface area (Å²) in [5, 5.41) is 9.27. The Morgan fingerprint density at radius 1 is 1.26 bits per heavy atom. The van der Waals surface area contributed by atoms with E-state index in [1.165, 1.54) is 33.4 Å². The van der Waals surface area contributed by atoms with Crippen molar-refractivity contribution in [1.82, 2.24) is 19.1 Å². The predicted molar refractivity (Wildman–Crippen MR) is 97.7 cm³/mol. The highest BCUT2D eigenvalue weighted by atomic mass is 16.5. The lowest BCUT2D eigenvalue weighted by molar-refractivity contribution is 0.0459. The van der Waals surface area contributed by atoms with Gasteiger partial charge in [0.1, 0.15) is 18.2 Å². The van der Waals surface area contributed by atoms with E-state index < -0.39 is 17.2 Å². The number of rotatable bonds is 6. The molecule has 0 unspecified atom stereocenters.